The summed E-state index contributed by atoms with van der Waals surface area (Å²) in [5, 5.41) is 0. The van der Waals surface area contributed by atoms with Crippen LogP contribution in [-0.4, -0.2) is 11.6 Å². The molecule has 3 rings (SSSR count). The van der Waals surface area contributed by atoms with Gasteiger partial charge in [0.2, 0.25) is 0 Å². The van der Waals surface area contributed by atoms with Gasteiger partial charge in [0.15, 0.2) is 0 Å². The Bertz CT molecular complexity index is 391. The van der Waals surface area contributed by atoms with Crippen LogP contribution in [0.25, 0.3) is 0 Å². The minimum atomic E-state index is -0.359. The van der Waals surface area contributed by atoms with Crippen LogP contribution in [0.5, 0.6) is 0 Å². The maximum Gasteiger partial charge on any atom is 0.309 e. The topological polar surface area (TPSA) is 26.3 Å². The second-order valence-electron chi connectivity index (χ2n) is 7.60. The molecule has 5 atom stereocenters. The molecule has 0 aliphatic heterocycles. The van der Waals surface area contributed by atoms with E-state index in [2.05, 4.69) is 18.6 Å². The molecule has 19 heavy (non-hydrogen) atoms. The molecule has 2 saturated carbocycles. The Balaban J connectivity index is 1.71. The Kier molecular flexibility index (Phi) is 3.23. The van der Waals surface area contributed by atoms with Gasteiger partial charge in [-0.3, -0.25) is 4.79 Å². The number of esters is 1. The lowest BCUT2D eigenvalue weighted by atomic mass is 9.82. The Morgan fingerprint density at radius 3 is 2.53 bits per heavy atom. The fourth-order valence-electron chi connectivity index (χ4n) is 4.11. The molecule has 0 heterocycles. The van der Waals surface area contributed by atoms with Crippen molar-refractivity contribution < 1.29 is 9.53 Å². The molecule has 0 saturated heterocycles. The lowest BCUT2D eigenvalue weighted by Gasteiger charge is -2.26. The molecule has 2 heteroatoms. The van der Waals surface area contributed by atoms with E-state index >= 15 is 0 Å². The second-order valence-corrected chi connectivity index (χ2v) is 7.60. The fourth-order valence-corrected chi connectivity index (χ4v) is 4.11. The van der Waals surface area contributed by atoms with E-state index in [1.54, 1.807) is 0 Å². The van der Waals surface area contributed by atoms with Crippen LogP contribution in [-0.2, 0) is 9.53 Å². The highest BCUT2D eigenvalue weighted by Gasteiger charge is 2.44. The van der Waals surface area contributed by atoms with Crippen molar-refractivity contribution in [3.05, 3.63) is 18.6 Å². The summed E-state index contributed by atoms with van der Waals surface area (Å²) in [7, 11) is 0. The first-order valence-electron chi connectivity index (χ1n) is 7.67. The molecule has 0 N–H and O–H groups in total. The van der Waals surface area contributed by atoms with Crippen LogP contribution in [0.1, 0.15) is 46.5 Å². The summed E-state index contributed by atoms with van der Waals surface area (Å²) >= 11 is 0. The molecule has 2 fully saturated rings. The van der Waals surface area contributed by atoms with Gasteiger partial charge in [-0.05, 0) is 76.5 Å². The average Bonchev–Trinajstić information content (AvgIpc) is 2.84. The zero-order valence-corrected chi connectivity index (χ0v) is 12.3. The standard InChI is InChI=1S/C17H25O2/c1-17(2,3)19-16(18)15-10-13-7-11-4-5-12(6-11)8-14(15)9-13/h4-5,7,11-15H,6,8-10H2,1-3H3. The number of carbonyl (C=O) groups excluding carboxylic acids is 1. The number of allylic oxidation sites excluding steroid dienone is 2. The van der Waals surface area contributed by atoms with E-state index in [9.17, 15) is 4.79 Å². The van der Waals surface area contributed by atoms with Gasteiger partial charge in [-0.2, -0.15) is 0 Å². The first kappa shape index (κ1) is 13.2. The van der Waals surface area contributed by atoms with Gasteiger partial charge in [-0.25, -0.2) is 0 Å². The number of fused-ring (bicyclic) bond motifs is 4. The molecule has 0 aromatic carbocycles. The summed E-state index contributed by atoms with van der Waals surface area (Å²) in [6.45, 7) is 5.88. The van der Waals surface area contributed by atoms with E-state index in [1.165, 1.54) is 19.3 Å². The van der Waals surface area contributed by atoms with Crippen LogP contribution in [0.15, 0.2) is 12.2 Å². The van der Waals surface area contributed by atoms with Crippen LogP contribution in [0.3, 0.4) is 0 Å². The predicted octanol–water partition coefficient (Wildman–Crippen LogP) is 3.77. The van der Waals surface area contributed by atoms with Crippen molar-refractivity contribution in [2.24, 2.45) is 29.6 Å². The van der Waals surface area contributed by atoms with Crippen LogP contribution in [0.4, 0.5) is 0 Å². The normalized spacial score (nSPS) is 40.9. The van der Waals surface area contributed by atoms with Gasteiger partial charge < -0.3 is 4.74 Å². The smallest absolute Gasteiger partial charge is 0.309 e. The highest BCUT2D eigenvalue weighted by atomic mass is 16.6. The number of hydrogen-bond donors (Lipinski definition) is 0. The molecular formula is C17H25O2. The van der Waals surface area contributed by atoms with Crippen molar-refractivity contribution in [2.75, 3.05) is 0 Å². The summed E-state index contributed by atoms with van der Waals surface area (Å²) in [6.07, 6.45) is 11.9. The third-order valence-electron chi connectivity index (χ3n) is 4.77. The Morgan fingerprint density at radius 2 is 1.79 bits per heavy atom. The van der Waals surface area contributed by atoms with Crippen molar-refractivity contribution in [2.45, 2.75) is 52.1 Å². The zero-order valence-electron chi connectivity index (χ0n) is 12.3. The van der Waals surface area contributed by atoms with E-state index in [4.69, 9.17) is 4.74 Å². The van der Waals surface area contributed by atoms with E-state index in [1.807, 2.05) is 20.8 Å². The first-order chi connectivity index (χ1) is 8.90. The maximum absolute atomic E-state index is 12.4. The molecule has 0 amide bonds. The lowest BCUT2D eigenvalue weighted by molar-refractivity contribution is -0.161. The quantitative estimate of drug-likeness (QED) is 0.530. The Morgan fingerprint density at radius 1 is 1.05 bits per heavy atom. The third kappa shape index (κ3) is 2.88. The number of rotatable bonds is 1. The molecule has 1 radical (unpaired) electrons. The first-order valence-corrected chi connectivity index (χ1v) is 7.67. The summed E-state index contributed by atoms with van der Waals surface area (Å²) in [4.78, 5) is 12.4. The molecule has 0 spiro atoms. The molecule has 3 aliphatic rings. The monoisotopic (exact) mass is 261 g/mol. The van der Waals surface area contributed by atoms with Gasteiger partial charge in [0.05, 0.1) is 5.92 Å². The number of carbonyl (C=O) groups is 1. The summed E-state index contributed by atoms with van der Waals surface area (Å²) < 4.78 is 5.62. The molecule has 3 aliphatic carbocycles. The Labute approximate surface area is 116 Å². The molecule has 0 aromatic rings. The van der Waals surface area contributed by atoms with Gasteiger partial charge in [-0.15, -0.1) is 0 Å². The minimum absolute atomic E-state index is 0.0372. The van der Waals surface area contributed by atoms with Gasteiger partial charge in [0.1, 0.15) is 5.60 Å². The predicted molar refractivity (Wildman–Crippen MR) is 75.2 cm³/mol. The summed E-state index contributed by atoms with van der Waals surface area (Å²) in [5.41, 5.74) is -0.359. The van der Waals surface area contributed by atoms with Gasteiger partial charge >= 0.3 is 5.97 Å². The van der Waals surface area contributed by atoms with Crippen LogP contribution < -0.4 is 0 Å². The van der Waals surface area contributed by atoms with Gasteiger partial charge in [-0.1, -0.05) is 12.2 Å². The minimum Gasteiger partial charge on any atom is -0.460 e. The largest absolute Gasteiger partial charge is 0.460 e. The van der Waals surface area contributed by atoms with Gasteiger partial charge in [0, 0.05) is 0 Å². The SMILES string of the molecule is CC(C)(C)OC(=O)C1CC2[CH]C3C=CC(C3)CC1C2. The summed E-state index contributed by atoms with van der Waals surface area (Å²) in [6, 6.07) is 0. The third-order valence-corrected chi connectivity index (χ3v) is 4.77. The van der Waals surface area contributed by atoms with Crippen molar-refractivity contribution >= 4 is 5.97 Å². The van der Waals surface area contributed by atoms with E-state index < -0.39 is 0 Å². The van der Waals surface area contributed by atoms with Crippen molar-refractivity contribution in [3.63, 3.8) is 0 Å². The average molecular weight is 261 g/mol. The molecular weight excluding hydrogens is 236 g/mol. The zero-order chi connectivity index (χ0) is 13.6. The van der Waals surface area contributed by atoms with Crippen molar-refractivity contribution in [1.29, 1.82) is 0 Å². The van der Waals surface area contributed by atoms with Crippen LogP contribution >= 0.6 is 0 Å². The molecule has 2 nitrogen and oxygen atoms in total. The van der Waals surface area contributed by atoms with Crippen LogP contribution in [0.2, 0.25) is 0 Å². The van der Waals surface area contributed by atoms with E-state index in [-0.39, 0.29) is 17.5 Å². The molecule has 105 valence electrons. The van der Waals surface area contributed by atoms with E-state index in [0.717, 1.165) is 6.42 Å². The van der Waals surface area contributed by atoms with Crippen molar-refractivity contribution in [1.82, 2.24) is 0 Å². The van der Waals surface area contributed by atoms with Gasteiger partial charge in [0.25, 0.3) is 0 Å². The fraction of sp³-hybridized carbons (Fsp3) is 0.765. The van der Waals surface area contributed by atoms with Crippen LogP contribution in [0, 0.1) is 36.0 Å². The maximum atomic E-state index is 12.4. The molecule has 0 aromatic heterocycles. The highest BCUT2D eigenvalue weighted by molar-refractivity contribution is 5.73. The highest BCUT2D eigenvalue weighted by Crippen LogP contribution is 2.48. The Hall–Kier alpha value is -0.790. The number of hydrogen-bond acceptors (Lipinski definition) is 2. The number of ether oxygens (including phenoxy) is 1. The summed E-state index contributed by atoms with van der Waals surface area (Å²) in [5.74, 6) is 2.67. The van der Waals surface area contributed by atoms with Crippen molar-refractivity contribution in [3.8, 4) is 0 Å². The van der Waals surface area contributed by atoms with E-state index in [0.29, 0.717) is 23.7 Å². The molecule has 5 unspecified atom stereocenters. The molecule has 4 bridgehead atoms. The second kappa shape index (κ2) is 4.64. The lowest BCUT2D eigenvalue weighted by Crippen LogP contribution is -2.30.